The van der Waals surface area contributed by atoms with Crippen molar-refractivity contribution in [1.29, 1.82) is 0 Å². The van der Waals surface area contributed by atoms with Gasteiger partial charge in [0.2, 0.25) is 11.6 Å². The van der Waals surface area contributed by atoms with Crippen LogP contribution in [-0.4, -0.2) is 40.0 Å². The third-order valence-electron chi connectivity index (χ3n) is 4.40. The van der Waals surface area contributed by atoms with E-state index in [1.807, 2.05) is 12.1 Å². The van der Waals surface area contributed by atoms with Crippen molar-refractivity contribution in [3.63, 3.8) is 0 Å². The van der Waals surface area contributed by atoms with Crippen LogP contribution < -0.4 is 5.56 Å². The zero-order chi connectivity index (χ0) is 21.1. The molecule has 0 saturated carbocycles. The number of carbonyl (C=O) groups is 2. The van der Waals surface area contributed by atoms with Crippen molar-refractivity contribution in [2.75, 3.05) is 13.7 Å². The molecule has 3 rings (SSSR count). The molecule has 0 N–H and O–H groups in total. The summed E-state index contributed by atoms with van der Waals surface area (Å²) in [6, 6.07) is 7.14. The van der Waals surface area contributed by atoms with E-state index >= 15 is 0 Å². The fraction of sp³-hybridized carbons (Fsp3) is 0.300. The largest absolute Gasteiger partial charge is 0.462 e. The number of amides is 1. The quantitative estimate of drug-likeness (QED) is 0.572. The van der Waals surface area contributed by atoms with Crippen LogP contribution in [0.25, 0.3) is 11.1 Å². The van der Waals surface area contributed by atoms with E-state index in [4.69, 9.17) is 20.8 Å². The van der Waals surface area contributed by atoms with Gasteiger partial charge >= 0.3 is 5.97 Å². The minimum atomic E-state index is -0.661. The maximum Gasteiger partial charge on any atom is 0.342 e. The number of esters is 1. The number of halogens is 1. The first-order valence-electron chi connectivity index (χ1n) is 8.95. The summed E-state index contributed by atoms with van der Waals surface area (Å²) in [6.07, 6.45) is 1.23. The molecule has 8 nitrogen and oxygen atoms in total. The van der Waals surface area contributed by atoms with Crippen molar-refractivity contribution in [3.8, 4) is 0 Å². The average Bonchev–Trinajstić information content (AvgIpc) is 3.02. The number of likely N-dealkylation sites (N-methyl/N-ethyl adjacent to an activating group) is 1. The van der Waals surface area contributed by atoms with Crippen LogP contribution in [0, 0.1) is 6.92 Å². The van der Waals surface area contributed by atoms with Gasteiger partial charge in [-0.3, -0.25) is 14.2 Å². The second-order valence-corrected chi connectivity index (χ2v) is 6.92. The Morgan fingerprint density at radius 1 is 1.28 bits per heavy atom. The summed E-state index contributed by atoms with van der Waals surface area (Å²) >= 11 is 5.87. The monoisotopic (exact) mass is 417 g/mol. The van der Waals surface area contributed by atoms with Crippen molar-refractivity contribution in [3.05, 3.63) is 62.9 Å². The van der Waals surface area contributed by atoms with E-state index < -0.39 is 11.5 Å². The Kier molecular flexibility index (Phi) is 6.03. The summed E-state index contributed by atoms with van der Waals surface area (Å²) in [5.74, 6) is -0.709. The number of hydrogen-bond donors (Lipinski definition) is 0. The predicted molar refractivity (Wildman–Crippen MR) is 107 cm³/mol. The number of carbonyl (C=O) groups excluding carboxylic acids is 2. The number of aromatic nitrogens is 2. The fourth-order valence-electron chi connectivity index (χ4n) is 2.92. The SMILES string of the molecule is CCOC(=O)c1c(C)oc2ncn(CC(=O)N(C)Cc3ccc(Cl)cc3)c(=O)c12. The minimum Gasteiger partial charge on any atom is -0.462 e. The summed E-state index contributed by atoms with van der Waals surface area (Å²) in [5.41, 5.74) is 0.439. The Morgan fingerprint density at radius 2 is 1.97 bits per heavy atom. The molecule has 0 fully saturated rings. The normalized spacial score (nSPS) is 10.9. The van der Waals surface area contributed by atoms with E-state index in [1.54, 1.807) is 33.0 Å². The van der Waals surface area contributed by atoms with Gasteiger partial charge in [-0.05, 0) is 31.5 Å². The Balaban J connectivity index is 1.86. The lowest BCUT2D eigenvalue weighted by atomic mass is 10.2. The van der Waals surface area contributed by atoms with Crippen LogP contribution in [0.4, 0.5) is 0 Å². The van der Waals surface area contributed by atoms with Gasteiger partial charge in [0, 0.05) is 18.6 Å². The van der Waals surface area contributed by atoms with Gasteiger partial charge in [0.15, 0.2) is 0 Å². The molecule has 1 amide bonds. The number of ether oxygens (including phenoxy) is 1. The van der Waals surface area contributed by atoms with Gasteiger partial charge in [-0.1, -0.05) is 23.7 Å². The summed E-state index contributed by atoms with van der Waals surface area (Å²) in [4.78, 5) is 43.3. The highest BCUT2D eigenvalue weighted by atomic mass is 35.5. The molecule has 1 aromatic carbocycles. The van der Waals surface area contributed by atoms with Crippen molar-refractivity contribution < 1.29 is 18.7 Å². The zero-order valence-electron chi connectivity index (χ0n) is 16.3. The van der Waals surface area contributed by atoms with E-state index in [0.717, 1.165) is 10.1 Å². The topological polar surface area (TPSA) is 94.6 Å². The molecule has 9 heteroatoms. The second kappa shape index (κ2) is 8.48. The van der Waals surface area contributed by atoms with E-state index in [1.165, 1.54) is 11.2 Å². The predicted octanol–water partition coefficient (Wildman–Crippen LogP) is 2.79. The highest BCUT2D eigenvalue weighted by Crippen LogP contribution is 2.21. The molecule has 152 valence electrons. The highest BCUT2D eigenvalue weighted by molar-refractivity contribution is 6.30. The number of hydrogen-bond acceptors (Lipinski definition) is 6. The Bertz CT molecular complexity index is 1120. The molecule has 0 bridgehead atoms. The zero-order valence-corrected chi connectivity index (χ0v) is 17.0. The van der Waals surface area contributed by atoms with Gasteiger partial charge in [0.05, 0.1) is 6.61 Å². The Morgan fingerprint density at radius 3 is 2.62 bits per heavy atom. The van der Waals surface area contributed by atoms with Crippen molar-refractivity contribution >= 4 is 34.6 Å². The van der Waals surface area contributed by atoms with Crippen LogP contribution in [0.3, 0.4) is 0 Å². The summed E-state index contributed by atoms with van der Waals surface area (Å²) in [7, 11) is 1.64. The van der Waals surface area contributed by atoms with Crippen LogP contribution in [0.2, 0.25) is 5.02 Å². The lowest BCUT2D eigenvalue weighted by Gasteiger charge is -2.18. The number of fused-ring (bicyclic) bond motifs is 1. The van der Waals surface area contributed by atoms with E-state index in [9.17, 15) is 14.4 Å². The average molecular weight is 418 g/mol. The summed E-state index contributed by atoms with van der Waals surface area (Å²) in [6.45, 7) is 3.52. The molecular formula is C20H20ClN3O5. The number of aryl methyl sites for hydroxylation is 1. The highest BCUT2D eigenvalue weighted by Gasteiger charge is 2.24. The van der Waals surface area contributed by atoms with Crippen LogP contribution in [0.15, 0.2) is 39.8 Å². The third kappa shape index (κ3) is 4.32. The molecule has 0 spiro atoms. The molecule has 3 aromatic rings. The van der Waals surface area contributed by atoms with Crippen molar-refractivity contribution in [2.24, 2.45) is 0 Å². The Hall–Kier alpha value is -3.13. The first-order chi connectivity index (χ1) is 13.8. The molecule has 29 heavy (non-hydrogen) atoms. The molecule has 0 aliphatic rings. The standard InChI is InChI=1S/C20H20ClN3O5/c1-4-28-20(27)16-12(2)29-18-17(16)19(26)24(11-22-18)10-15(25)23(3)9-13-5-7-14(21)8-6-13/h5-8,11H,4,9-10H2,1-3H3. The first-order valence-corrected chi connectivity index (χ1v) is 9.33. The molecule has 0 aliphatic heterocycles. The van der Waals surface area contributed by atoms with Crippen molar-refractivity contribution in [1.82, 2.24) is 14.5 Å². The third-order valence-corrected chi connectivity index (χ3v) is 4.65. The molecule has 0 aliphatic carbocycles. The van der Waals surface area contributed by atoms with Crippen molar-refractivity contribution in [2.45, 2.75) is 26.9 Å². The fourth-order valence-corrected chi connectivity index (χ4v) is 3.04. The number of rotatable bonds is 6. The van der Waals surface area contributed by atoms with Crippen LogP contribution in [0.1, 0.15) is 28.6 Å². The van der Waals surface area contributed by atoms with E-state index in [2.05, 4.69) is 4.98 Å². The van der Waals surface area contributed by atoms with Gasteiger partial charge in [-0.25, -0.2) is 9.78 Å². The maximum absolute atomic E-state index is 12.9. The van der Waals surface area contributed by atoms with Gasteiger partial charge in [-0.15, -0.1) is 0 Å². The van der Waals surface area contributed by atoms with Gasteiger partial charge in [0.1, 0.15) is 29.6 Å². The maximum atomic E-state index is 12.9. The molecule has 0 radical (unpaired) electrons. The number of benzene rings is 1. The van der Waals surface area contributed by atoms with Crippen LogP contribution in [-0.2, 0) is 22.6 Å². The molecule has 2 aromatic heterocycles. The first kappa shape index (κ1) is 20.6. The number of furan rings is 1. The smallest absolute Gasteiger partial charge is 0.342 e. The van der Waals surface area contributed by atoms with E-state index in [-0.39, 0.29) is 41.5 Å². The van der Waals surface area contributed by atoms with Crippen LogP contribution in [0.5, 0.6) is 0 Å². The molecule has 0 saturated heterocycles. The number of nitrogens with zero attached hydrogens (tertiary/aromatic N) is 3. The molecule has 0 atom stereocenters. The summed E-state index contributed by atoms with van der Waals surface area (Å²) < 4.78 is 11.6. The Labute approximate surface area is 171 Å². The molecular weight excluding hydrogens is 398 g/mol. The van der Waals surface area contributed by atoms with Gasteiger partial charge in [0.25, 0.3) is 5.56 Å². The molecule has 2 heterocycles. The summed E-state index contributed by atoms with van der Waals surface area (Å²) in [5, 5.41) is 0.623. The van der Waals surface area contributed by atoms with Crippen LogP contribution >= 0.6 is 11.6 Å². The lowest BCUT2D eigenvalue weighted by Crippen LogP contribution is -2.34. The van der Waals surface area contributed by atoms with Gasteiger partial charge in [-0.2, -0.15) is 0 Å². The minimum absolute atomic E-state index is 0.0107. The van der Waals surface area contributed by atoms with Gasteiger partial charge < -0.3 is 14.1 Å². The second-order valence-electron chi connectivity index (χ2n) is 6.49. The van der Waals surface area contributed by atoms with E-state index in [0.29, 0.717) is 11.6 Å². The molecule has 0 unspecified atom stereocenters. The lowest BCUT2D eigenvalue weighted by molar-refractivity contribution is -0.131.